The second kappa shape index (κ2) is 12.4. The lowest BCUT2D eigenvalue weighted by Crippen LogP contribution is -2.47. The Bertz CT molecular complexity index is 1150. The molecule has 6 nitrogen and oxygen atoms in total. The van der Waals surface area contributed by atoms with Crippen molar-refractivity contribution in [1.82, 2.24) is 9.80 Å². The van der Waals surface area contributed by atoms with Crippen LogP contribution < -0.4 is 10.2 Å². The van der Waals surface area contributed by atoms with E-state index in [1.807, 2.05) is 16.8 Å². The fraction of sp³-hybridized carbons (Fsp3) is 0.536. The molecule has 0 aromatic heterocycles. The van der Waals surface area contributed by atoms with Crippen LogP contribution in [0.5, 0.6) is 0 Å². The van der Waals surface area contributed by atoms with Gasteiger partial charge in [0.15, 0.2) is 0 Å². The highest BCUT2D eigenvalue weighted by molar-refractivity contribution is 6.31. The molecular formula is C28H35ClF4N4O2. The first-order valence-corrected chi connectivity index (χ1v) is 13.7. The van der Waals surface area contributed by atoms with E-state index in [0.717, 1.165) is 19.3 Å². The van der Waals surface area contributed by atoms with Gasteiger partial charge in [-0.2, -0.15) is 13.2 Å². The van der Waals surface area contributed by atoms with Crippen LogP contribution in [0.25, 0.3) is 0 Å². The summed E-state index contributed by atoms with van der Waals surface area (Å²) in [6.45, 7) is 2.10. The monoisotopic (exact) mass is 570 g/mol. The Kier molecular flexibility index (Phi) is 9.41. The lowest BCUT2D eigenvalue weighted by molar-refractivity contribution is -0.138. The van der Waals surface area contributed by atoms with Crippen LogP contribution in [-0.4, -0.2) is 72.5 Å². The van der Waals surface area contributed by atoms with Gasteiger partial charge in [0.1, 0.15) is 11.5 Å². The Labute approximate surface area is 231 Å². The molecular weight excluding hydrogens is 536 g/mol. The van der Waals surface area contributed by atoms with Crippen molar-refractivity contribution in [2.45, 2.75) is 57.0 Å². The van der Waals surface area contributed by atoms with Gasteiger partial charge in [0.25, 0.3) is 5.91 Å². The van der Waals surface area contributed by atoms with Gasteiger partial charge in [-0.1, -0.05) is 24.1 Å². The summed E-state index contributed by atoms with van der Waals surface area (Å²) in [5.74, 6) is -1.28. The van der Waals surface area contributed by atoms with Crippen molar-refractivity contribution in [3.05, 3.63) is 58.4 Å². The normalized spacial score (nSPS) is 18.4. The fourth-order valence-corrected chi connectivity index (χ4v) is 5.49. The Balaban J connectivity index is 1.41. The molecule has 39 heavy (non-hydrogen) atoms. The number of carbonyl (C=O) groups excluding carboxylic acids is 1. The van der Waals surface area contributed by atoms with Crippen LogP contribution >= 0.6 is 11.6 Å². The molecule has 1 aliphatic heterocycles. The number of piperazine rings is 1. The minimum Gasteiger partial charge on any atom is -0.376 e. The van der Waals surface area contributed by atoms with Gasteiger partial charge in [0.2, 0.25) is 0 Å². The quantitative estimate of drug-likeness (QED) is 0.306. The third-order valence-electron chi connectivity index (χ3n) is 7.70. The highest BCUT2D eigenvalue weighted by Gasteiger charge is 2.33. The predicted octanol–water partition coefficient (Wildman–Crippen LogP) is 5.89. The Morgan fingerprint density at radius 1 is 1.08 bits per heavy atom. The minimum absolute atomic E-state index is 0.0547. The first kappa shape index (κ1) is 29.6. The number of hydrogen-bond acceptors (Lipinski definition) is 5. The summed E-state index contributed by atoms with van der Waals surface area (Å²) in [6.07, 6.45) is -0.684. The summed E-state index contributed by atoms with van der Waals surface area (Å²) in [7, 11) is 1.82. The molecule has 0 atom stereocenters. The molecule has 0 bridgehead atoms. The molecule has 0 radical (unpaired) electrons. The molecule has 0 spiro atoms. The van der Waals surface area contributed by atoms with Crippen molar-refractivity contribution >= 4 is 28.9 Å². The predicted molar refractivity (Wildman–Crippen MR) is 145 cm³/mol. The summed E-state index contributed by atoms with van der Waals surface area (Å²) in [5.41, 5.74) is 0.706. The molecule has 2 fully saturated rings. The average Bonchev–Trinajstić information content (AvgIpc) is 2.89. The van der Waals surface area contributed by atoms with Gasteiger partial charge in [-0.25, -0.2) is 4.39 Å². The zero-order valence-corrected chi connectivity index (χ0v) is 22.8. The molecule has 2 aromatic carbocycles. The number of halogens is 5. The Morgan fingerprint density at radius 3 is 2.41 bits per heavy atom. The topological polar surface area (TPSA) is 59.1 Å². The first-order valence-electron chi connectivity index (χ1n) is 13.3. The second-order valence-corrected chi connectivity index (χ2v) is 11.0. The maximum absolute atomic E-state index is 15.1. The highest BCUT2D eigenvalue weighted by Crippen LogP contribution is 2.33. The highest BCUT2D eigenvalue weighted by atomic mass is 35.5. The smallest absolute Gasteiger partial charge is 0.376 e. The van der Waals surface area contributed by atoms with Crippen molar-refractivity contribution in [2.75, 3.05) is 50.0 Å². The second-order valence-electron chi connectivity index (χ2n) is 10.5. The van der Waals surface area contributed by atoms with Crippen molar-refractivity contribution in [2.24, 2.45) is 0 Å². The molecule has 0 unspecified atom stereocenters. The summed E-state index contributed by atoms with van der Waals surface area (Å²) in [4.78, 5) is 18.6. The number of nitrogens with zero attached hydrogens (tertiary/aromatic N) is 3. The molecule has 2 N–H and O–H groups in total. The molecule has 1 amide bonds. The maximum Gasteiger partial charge on any atom is 0.390 e. The molecule has 11 heteroatoms. The van der Waals surface area contributed by atoms with E-state index in [0.29, 0.717) is 67.5 Å². The number of alkyl halides is 3. The van der Waals surface area contributed by atoms with E-state index in [2.05, 4.69) is 5.32 Å². The van der Waals surface area contributed by atoms with Crippen molar-refractivity contribution in [1.29, 1.82) is 0 Å². The molecule has 214 valence electrons. The molecule has 1 heterocycles. The number of aliphatic hydroxyl groups is 1. The molecule has 1 saturated heterocycles. The number of nitrogens with one attached hydrogen (secondary N) is 1. The van der Waals surface area contributed by atoms with Gasteiger partial charge in [-0.3, -0.25) is 14.6 Å². The summed E-state index contributed by atoms with van der Waals surface area (Å²) in [5, 5.41) is 14.1. The van der Waals surface area contributed by atoms with Crippen LogP contribution in [0.4, 0.5) is 28.9 Å². The number of amides is 1. The molecule has 1 saturated carbocycles. The number of rotatable bonds is 8. The van der Waals surface area contributed by atoms with E-state index in [1.54, 1.807) is 29.2 Å². The maximum atomic E-state index is 15.1. The molecule has 2 aliphatic rings. The van der Waals surface area contributed by atoms with Gasteiger partial charge < -0.3 is 15.3 Å². The number of hydrogen-bond donors (Lipinski definition) is 2. The van der Waals surface area contributed by atoms with Gasteiger partial charge in [0.05, 0.1) is 23.4 Å². The largest absolute Gasteiger partial charge is 0.390 e. The van der Waals surface area contributed by atoms with Crippen LogP contribution in [0, 0.1) is 5.82 Å². The van der Waals surface area contributed by atoms with Crippen LogP contribution in [0.3, 0.4) is 0 Å². The van der Waals surface area contributed by atoms with Crippen LogP contribution in [0.2, 0.25) is 5.02 Å². The van der Waals surface area contributed by atoms with Gasteiger partial charge in [-0.15, -0.1) is 0 Å². The fourth-order valence-electron chi connectivity index (χ4n) is 5.32. The van der Waals surface area contributed by atoms with E-state index in [1.165, 1.54) is 12.1 Å². The van der Waals surface area contributed by atoms with Crippen LogP contribution in [0.1, 0.15) is 54.4 Å². The third-order valence-corrected chi connectivity index (χ3v) is 7.93. The number of carbonyl (C=O) groups is 1. The van der Waals surface area contributed by atoms with Gasteiger partial charge in [-0.05, 0) is 68.6 Å². The van der Waals surface area contributed by atoms with E-state index < -0.39 is 30.0 Å². The van der Waals surface area contributed by atoms with Gasteiger partial charge >= 0.3 is 6.18 Å². The zero-order chi connectivity index (χ0) is 28.2. The molecule has 1 aliphatic carbocycles. The average molecular weight is 571 g/mol. The van der Waals surface area contributed by atoms with E-state index >= 15 is 4.39 Å². The molecule has 2 aromatic rings. The standard InChI is InChI=1S/C28H35ClF4N4O2/c1-35(27(39)9-3-2-4-10-27)19-20-5-7-22(23(30)17-20)26(38)34-24-8-6-21(29)18-25(24)37-15-13-36(14-16-37)12-11-28(31,32)33/h5-8,17-18,39H,2-4,9-16,19H2,1H3,(H,34,38). The Morgan fingerprint density at radius 2 is 1.77 bits per heavy atom. The lowest BCUT2D eigenvalue weighted by atomic mass is 9.90. The summed E-state index contributed by atoms with van der Waals surface area (Å²) < 4.78 is 52.8. The number of anilines is 2. The van der Waals surface area contributed by atoms with E-state index in [4.69, 9.17) is 11.6 Å². The first-order chi connectivity index (χ1) is 18.4. The van der Waals surface area contributed by atoms with Crippen molar-refractivity contribution in [3.63, 3.8) is 0 Å². The minimum atomic E-state index is -4.19. The lowest BCUT2D eigenvalue weighted by Gasteiger charge is -2.40. The summed E-state index contributed by atoms with van der Waals surface area (Å²) in [6, 6.07) is 9.38. The third kappa shape index (κ3) is 7.84. The van der Waals surface area contributed by atoms with Crippen molar-refractivity contribution in [3.8, 4) is 0 Å². The Hall–Kier alpha value is -2.40. The summed E-state index contributed by atoms with van der Waals surface area (Å²) >= 11 is 6.21. The van der Waals surface area contributed by atoms with Crippen molar-refractivity contribution < 1.29 is 27.5 Å². The SMILES string of the molecule is CN(Cc1ccc(C(=O)Nc2ccc(Cl)cc2N2CCN(CCC(F)(F)F)CC2)c(F)c1)C1(O)CCCCC1. The zero-order valence-electron chi connectivity index (χ0n) is 22.0. The van der Waals surface area contributed by atoms with Gasteiger partial charge in [0, 0.05) is 44.3 Å². The van der Waals surface area contributed by atoms with Crippen LogP contribution in [-0.2, 0) is 6.54 Å². The van der Waals surface area contributed by atoms with Crippen LogP contribution in [0.15, 0.2) is 36.4 Å². The van der Waals surface area contributed by atoms with E-state index in [-0.39, 0.29) is 12.1 Å². The van der Waals surface area contributed by atoms with E-state index in [9.17, 15) is 23.1 Å². The molecule has 4 rings (SSSR count). The number of benzene rings is 2.